The molecule has 0 aliphatic rings. The zero-order valence-corrected chi connectivity index (χ0v) is 12.5. The minimum atomic E-state index is -0.450. The van der Waals surface area contributed by atoms with Gasteiger partial charge in [0, 0.05) is 13.1 Å². The molecule has 6 nitrogen and oxygen atoms in total. The van der Waals surface area contributed by atoms with Crippen molar-refractivity contribution in [1.29, 1.82) is 0 Å². The number of nitrogens with zero attached hydrogens (tertiary/aromatic N) is 2. The number of methoxy groups -OCH3 is 1. The maximum atomic E-state index is 11.5. The van der Waals surface area contributed by atoms with Crippen molar-refractivity contribution >= 4 is 17.5 Å². The number of carbonyl (C=O) groups excluding carboxylic acids is 1. The van der Waals surface area contributed by atoms with E-state index in [1.807, 2.05) is 0 Å². The number of nitrogens with two attached hydrogens (primary N) is 1. The molecule has 0 saturated carbocycles. The van der Waals surface area contributed by atoms with Crippen molar-refractivity contribution in [2.75, 3.05) is 44.3 Å². The lowest BCUT2D eigenvalue weighted by molar-refractivity contribution is 0.0602. The number of likely N-dealkylation sites (N-methyl/N-ethyl adjacent to an activating group) is 1. The monoisotopic (exact) mass is 280 g/mol. The molecule has 0 spiro atoms. The molecule has 6 heteroatoms. The van der Waals surface area contributed by atoms with Gasteiger partial charge in [-0.15, -0.1) is 0 Å². The highest BCUT2D eigenvalue weighted by molar-refractivity contribution is 5.95. The van der Waals surface area contributed by atoms with Gasteiger partial charge in [0.25, 0.3) is 0 Å². The fourth-order valence-corrected chi connectivity index (χ4v) is 1.94. The lowest BCUT2D eigenvalue weighted by Gasteiger charge is -2.19. The SMILES string of the molecule is CCCN(CC)CCNc1cc(C(=O)OC)c(N)cn1. The molecule has 0 aliphatic carbocycles. The predicted molar refractivity (Wildman–Crippen MR) is 80.9 cm³/mol. The van der Waals surface area contributed by atoms with Crippen molar-refractivity contribution < 1.29 is 9.53 Å². The first-order valence-electron chi connectivity index (χ1n) is 6.92. The molecule has 1 aromatic rings. The average Bonchev–Trinajstić information content (AvgIpc) is 2.47. The van der Waals surface area contributed by atoms with Crippen molar-refractivity contribution in [3.63, 3.8) is 0 Å². The number of esters is 1. The molecule has 1 rings (SSSR count). The molecule has 0 radical (unpaired) electrons. The lowest BCUT2D eigenvalue weighted by atomic mass is 10.2. The van der Waals surface area contributed by atoms with Crippen LogP contribution < -0.4 is 11.1 Å². The minimum Gasteiger partial charge on any atom is -0.465 e. The van der Waals surface area contributed by atoms with Crippen molar-refractivity contribution in [3.05, 3.63) is 17.8 Å². The number of carbonyl (C=O) groups is 1. The van der Waals surface area contributed by atoms with E-state index in [1.165, 1.54) is 13.3 Å². The highest BCUT2D eigenvalue weighted by Gasteiger charge is 2.11. The van der Waals surface area contributed by atoms with Gasteiger partial charge >= 0.3 is 5.97 Å². The molecule has 0 amide bonds. The van der Waals surface area contributed by atoms with E-state index in [-0.39, 0.29) is 0 Å². The number of nitrogen functional groups attached to an aromatic ring is 1. The number of aromatic nitrogens is 1. The van der Waals surface area contributed by atoms with Gasteiger partial charge < -0.3 is 20.7 Å². The number of nitrogens with one attached hydrogen (secondary N) is 1. The van der Waals surface area contributed by atoms with Gasteiger partial charge in [-0.1, -0.05) is 13.8 Å². The Morgan fingerprint density at radius 3 is 2.80 bits per heavy atom. The van der Waals surface area contributed by atoms with E-state index < -0.39 is 5.97 Å². The lowest BCUT2D eigenvalue weighted by Crippen LogP contribution is -2.29. The Kier molecular flexibility index (Phi) is 6.79. The van der Waals surface area contributed by atoms with Crippen molar-refractivity contribution in [3.8, 4) is 0 Å². The summed E-state index contributed by atoms with van der Waals surface area (Å²) in [5, 5.41) is 3.20. The van der Waals surface area contributed by atoms with Gasteiger partial charge in [0.2, 0.25) is 0 Å². The van der Waals surface area contributed by atoms with Crippen LogP contribution in [0.15, 0.2) is 12.3 Å². The fourth-order valence-electron chi connectivity index (χ4n) is 1.94. The van der Waals surface area contributed by atoms with Crippen LogP contribution in [0, 0.1) is 0 Å². The molecule has 0 atom stereocenters. The number of hydrogen-bond acceptors (Lipinski definition) is 6. The van der Waals surface area contributed by atoms with E-state index in [0.29, 0.717) is 17.1 Å². The van der Waals surface area contributed by atoms with Crippen LogP contribution in [0.4, 0.5) is 11.5 Å². The van der Waals surface area contributed by atoms with E-state index in [4.69, 9.17) is 5.73 Å². The summed E-state index contributed by atoms with van der Waals surface area (Å²) in [6.07, 6.45) is 2.61. The van der Waals surface area contributed by atoms with Gasteiger partial charge in [0.05, 0.1) is 24.6 Å². The Balaban J connectivity index is 2.58. The van der Waals surface area contributed by atoms with Crippen LogP contribution in [0.5, 0.6) is 0 Å². The average molecular weight is 280 g/mol. The second kappa shape index (κ2) is 8.37. The number of ether oxygens (including phenoxy) is 1. The smallest absolute Gasteiger partial charge is 0.340 e. The van der Waals surface area contributed by atoms with E-state index in [0.717, 1.165) is 32.6 Å². The molecule has 20 heavy (non-hydrogen) atoms. The van der Waals surface area contributed by atoms with E-state index in [1.54, 1.807) is 6.07 Å². The molecule has 0 fully saturated rings. The van der Waals surface area contributed by atoms with Gasteiger partial charge in [-0.3, -0.25) is 0 Å². The van der Waals surface area contributed by atoms with Crippen LogP contribution >= 0.6 is 0 Å². The first-order chi connectivity index (χ1) is 9.62. The molecule has 0 saturated heterocycles. The van der Waals surface area contributed by atoms with Gasteiger partial charge in [0.15, 0.2) is 0 Å². The molecule has 3 N–H and O–H groups in total. The quantitative estimate of drug-likeness (QED) is 0.704. The predicted octanol–water partition coefficient (Wildman–Crippen LogP) is 1.59. The topological polar surface area (TPSA) is 80.5 Å². The zero-order valence-electron chi connectivity index (χ0n) is 12.5. The number of rotatable bonds is 8. The van der Waals surface area contributed by atoms with Gasteiger partial charge in [-0.2, -0.15) is 0 Å². The maximum Gasteiger partial charge on any atom is 0.340 e. The van der Waals surface area contributed by atoms with Crippen LogP contribution in [-0.4, -0.2) is 49.1 Å². The highest BCUT2D eigenvalue weighted by atomic mass is 16.5. The second-order valence-electron chi connectivity index (χ2n) is 4.51. The fraction of sp³-hybridized carbons (Fsp3) is 0.571. The van der Waals surface area contributed by atoms with Crippen LogP contribution in [-0.2, 0) is 4.74 Å². The molecular formula is C14H24N4O2. The molecule has 1 aromatic heterocycles. The molecule has 0 aromatic carbocycles. The first kappa shape index (κ1) is 16.2. The first-order valence-corrected chi connectivity index (χ1v) is 6.92. The molecule has 0 bridgehead atoms. The molecule has 0 unspecified atom stereocenters. The van der Waals surface area contributed by atoms with Crippen LogP contribution in [0.3, 0.4) is 0 Å². The second-order valence-corrected chi connectivity index (χ2v) is 4.51. The van der Waals surface area contributed by atoms with E-state index in [2.05, 4.69) is 33.8 Å². The summed E-state index contributed by atoms with van der Waals surface area (Å²) in [7, 11) is 1.33. The van der Waals surface area contributed by atoms with Gasteiger partial charge in [-0.05, 0) is 25.6 Å². The Hall–Kier alpha value is -1.82. The number of anilines is 2. The van der Waals surface area contributed by atoms with Crippen molar-refractivity contribution in [2.24, 2.45) is 0 Å². The third-order valence-electron chi connectivity index (χ3n) is 3.06. The summed E-state index contributed by atoms with van der Waals surface area (Å²) >= 11 is 0. The molecule has 1 heterocycles. The Morgan fingerprint density at radius 1 is 1.45 bits per heavy atom. The van der Waals surface area contributed by atoms with Gasteiger partial charge in [-0.25, -0.2) is 9.78 Å². The summed E-state index contributed by atoms with van der Waals surface area (Å²) in [4.78, 5) is 18.0. The van der Waals surface area contributed by atoms with Crippen molar-refractivity contribution in [1.82, 2.24) is 9.88 Å². The van der Waals surface area contributed by atoms with Crippen LogP contribution in [0.25, 0.3) is 0 Å². The summed E-state index contributed by atoms with van der Waals surface area (Å²) in [6, 6.07) is 1.62. The third-order valence-corrected chi connectivity index (χ3v) is 3.06. The highest BCUT2D eigenvalue weighted by Crippen LogP contribution is 2.15. The molecular weight excluding hydrogens is 256 g/mol. The van der Waals surface area contributed by atoms with Crippen LogP contribution in [0.2, 0.25) is 0 Å². The molecule has 0 aliphatic heterocycles. The summed E-state index contributed by atoms with van der Waals surface area (Å²) < 4.78 is 4.68. The Bertz CT molecular complexity index is 437. The van der Waals surface area contributed by atoms with E-state index in [9.17, 15) is 4.79 Å². The molecule has 112 valence electrons. The maximum absolute atomic E-state index is 11.5. The normalized spacial score (nSPS) is 10.6. The number of hydrogen-bond donors (Lipinski definition) is 2. The minimum absolute atomic E-state index is 0.323. The summed E-state index contributed by atoms with van der Waals surface area (Å²) in [5.74, 6) is 0.182. The Labute approximate surface area is 120 Å². The third kappa shape index (κ3) is 4.70. The summed E-state index contributed by atoms with van der Waals surface area (Å²) in [6.45, 7) is 8.13. The standard InChI is InChI=1S/C14H24N4O2/c1-4-7-18(5-2)8-6-16-13-9-11(14(19)20-3)12(15)10-17-13/h9-10H,4-8,15H2,1-3H3,(H,16,17). The van der Waals surface area contributed by atoms with E-state index >= 15 is 0 Å². The van der Waals surface area contributed by atoms with Crippen molar-refractivity contribution in [2.45, 2.75) is 20.3 Å². The van der Waals surface area contributed by atoms with Gasteiger partial charge in [0.1, 0.15) is 5.82 Å². The Morgan fingerprint density at radius 2 is 2.20 bits per heavy atom. The summed E-state index contributed by atoms with van der Waals surface area (Å²) in [5.41, 5.74) is 6.37. The number of pyridine rings is 1. The zero-order chi connectivity index (χ0) is 15.0. The van der Waals surface area contributed by atoms with Crippen LogP contribution in [0.1, 0.15) is 30.6 Å². The largest absolute Gasteiger partial charge is 0.465 e.